The SMILES string of the molecule is COc1ccc([C@]23CC[C@H](N)C[C@H]2[N+](C)(N)CC3)cc1OC. The molecule has 1 aliphatic heterocycles. The Bertz CT molecular complexity index is 561. The van der Waals surface area contributed by atoms with Gasteiger partial charge in [0.15, 0.2) is 11.5 Å². The molecular formula is C17H28N3O2+. The lowest BCUT2D eigenvalue weighted by Crippen LogP contribution is -2.61. The summed E-state index contributed by atoms with van der Waals surface area (Å²) in [5.74, 6) is 8.14. The van der Waals surface area contributed by atoms with Crippen LogP contribution >= 0.6 is 0 Å². The second-order valence-corrected chi connectivity index (χ2v) is 7.10. The maximum atomic E-state index is 6.57. The first kappa shape index (κ1) is 15.6. The predicted octanol–water partition coefficient (Wildman–Crippen LogP) is 1.55. The van der Waals surface area contributed by atoms with Crippen molar-refractivity contribution in [1.82, 2.24) is 0 Å². The maximum Gasteiger partial charge on any atom is 0.161 e. The van der Waals surface area contributed by atoms with Crippen LogP contribution in [0.4, 0.5) is 0 Å². The third-order valence-electron chi connectivity index (χ3n) is 5.84. The Balaban J connectivity index is 2.05. The van der Waals surface area contributed by atoms with E-state index in [-0.39, 0.29) is 11.5 Å². The van der Waals surface area contributed by atoms with Crippen molar-refractivity contribution in [2.75, 3.05) is 27.8 Å². The lowest BCUT2D eigenvalue weighted by Gasteiger charge is -2.44. The summed E-state index contributed by atoms with van der Waals surface area (Å²) in [7, 11) is 5.48. The van der Waals surface area contributed by atoms with E-state index >= 15 is 0 Å². The third-order valence-corrected chi connectivity index (χ3v) is 5.84. The van der Waals surface area contributed by atoms with Gasteiger partial charge in [0.1, 0.15) is 6.04 Å². The number of hydrogen-bond donors (Lipinski definition) is 2. The smallest absolute Gasteiger partial charge is 0.161 e. The van der Waals surface area contributed by atoms with Gasteiger partial charge in [-0.25, -0.2) is 4.59 Å². The van der Waals surface area contributed by atoms with Crippen LogP contribution in [0.1, 0.15) is 31.2 Å². The van der Waals surface area contributed by atoms with Crippen molar-refractivity contribution >= 4 is 0 Å². The molecule has 5 nitrogen and oxygen atoms in total. The summed E-state index contributed by atoms with van der Waals surface area (Å²) in [5.41, 5.74) is 7.66. The minimum absolute atomic E-state index is 0.110. The van der Waals surface area contributed by atoms with E-state index in [1.54, 1.807) is 14.2 Å². The zero-order valence-corrected chi connectivity index (χ0v) is 13.8. The number of hydrogen-bond acceptors (Lipinski definition) is 4. The number of likely N-dealkylation sites (tertiary alicyclic amines) is 1. The van der Waals surface area contributed by atoms with E-state index in [4.69, 9.17) is 21.1 Å². The van der Waals surface area contributed by atoms with Gasteiger partial charge in [0, 0.05) is 18.9 Å². The first-order valence-corrected chi connectivity index (χ1v) is 8.05. The molecule has 0 spiro atoms. The van der Waals surface area contributed by atoms with Gasteiger partial charge in [0.2, 0.25) is 0 Å². The van der Waals surface area contributed by atoms with Gasteiger partial charge in [-0.05, 0) is 30.5 Å². The standard InChI is InChI=1S/C17H28N3O2/c1-20(19)9-8-17(7-6-13(18)11-16(17)20)12-4-5-14(21-2)15(10-12)22-3/h4-5,10,13,16H,6-9,11,18-19H2,1-3H3/q+1/t13-,16+,17+,20?/m0/s1. The molecule has 0 radical (unpaired) electrons. The molecular weight excluding hydrogens is 278 g/mol. The van der Waals surface area contributed by atoms with Crippen LogP contribution in [0.5, 0.6) is 11.5 Å². The number of nitrogens with two attached hydrogens (primary N) is 2. The minimum atomic E-state index is 0.110. The Kier molecular flexibility index (Phi) is 3.83. The minimum Gasteiger partial charge on any atom is -0.493 e. The van der Waals surface area contributed by atoms with Gasteiger partial charge >= 0.3 is 0 Å². The Morgan fingerprint density at radius 1 is 1.18 bits per heavy atom. The average molecular weight is 306 g/mol. The molecule has 1 aromatic rings. The maximum absolute atomic E-state index is 6.57. The van der Waals surface area contributed by atoms with E-state index in [2.05, 4.69) is 19.2 Å². The highest BCUT2D eigenvalue weighted by Gasteiger charge is 2.58. The number of methoxy groups -OCH3 is 2. The quantitative estimate of drug-likeness (QED) is 0.656. The highest BCUT2D eigenvalue weighted by atomic mass is 16.5. The molecule has 4 atom stereocenters. The van der Waals surface area contributed by atoms with Gasteiger partial charge in [-0.15, -0.1) is 0 Å². The fourth-order valence-corrected chi connectivity index (χ4v) is 4.56. The number of ether oxygens (including phenoxy) is 2. The van der Waals surface area contributed by atoms with Crippen molar-refractivity contribution in [2.24, 2.45) is 11.6 Å². The second-order valence-electron chi connectivity index (χ2n) is 7.10. The van der Waals surface area contributed by atoms with Crippen LogP contribution < -0.4 is 21.1 Å². The van der Waals surface area contributed by atoms with Gasteiger partial charge in [0.05, 0.1) is 33.2 Å². The summed E-state index contributed by atoms with van der Waals surface area (Å²) in [6.45, 7) is 0.992. The molecule has 1 saturated carbocycles. The lowest BCUT2D eigenvalue weighted by atomic mass is 9.65. The molecule has 1 unspecified atom stereocenters. The van der Waals surface area contributed by atoms with Gasteiger partial charge in [-0.3, -0.25) is 0 Å². The molecule has 0 amide bonds. The highest BCUT2D eigenvalue weighted by Crippen LogP contribution is 2.51. The van der Waals surface area contributed by atoms with Crippen molar-refractivity contribution < 1.29 is 14.1 Å². The number of nitrogens with zero attached hydrogens (tertiary/aromatic N) is 1. The molecule has 5 heteroatoms. The number of likely N-dealkylation sites (N-methyl/N-ethyl adjacent to an activating group) is 1. The normalized spacial score (nSPS) is 37.7. The summed E-state index contributed by atoms with van der Waals surface area (Å²) in [5, 5.41) is 0. The van der Waals surface area contributed by atoms with E-state index in [1.807, 2.05) is 6.07 Å². The van der Waals surface area contributed by atoms with E-state index in [9.17, 15) is 0 Å². The van der Waals surface area contributed by atoms with Crippen molar-refractivity contribution in [2.45, 2.75) is 43.2 Å². The number of benzene rings is 1. The van der Waals surface area contributed by atoms with E-state index < -0.39 is 0 Å². The second kappa shape index (κ2) is 5.41. The van der Waals surface area contributed by atoms with Crippen molar-refractivity contribution in [1.29, 1.82) is 0 Å². The van der Waals surface area contributed by atoms with Gasteiger partial charge in [0.25, 0.3) is 0 Å². The van der Waals surface area contributed by atoms with Crippen LogP contribution in [0.25, 0.3) is 0 Å². The zero-order valence-electron chi connectivity index (χ0n) is 13.8. The Morgan fingerprint density at radius 3 is 2.59 bits per heavy atom. The molecule has 2 fully saturated rings. The highest BCUT2D eigenvalue weighted by molar-refractivity contribution is 5.46. The topological polar surface area (TPSA) is 70.5 Å². The summed E-state index contributed by atoms with van der Waals surface area (Å²) in [6.07, 6.45) is 4.25. The largest absolute Gasteiger partial charge is 0.493 e. The van der Waals surface area contributed by atoms with Crippen LogP contribution in [-0.4, -0.2) is 44.5 Å². The van der Waals surface area contributed by atoms with Crippen molar-refractivity contribution in [3.05, 3.63) is 23.8 Å². The lowest BCUT2D eigenvalue weighted by molar-refractivity contribution is -0.936. The first-order valence-electron chi connectivity index (χ1n) is 8.05. The van der Waals surface area contributed by atoms with Gasteiger partial charge in [-0.1, -0.05) is 6.07 Å². The molecule has 0 bridgehead atoms. The fourth-order valence-electron chi connectivity index (χ4n) is 4.56. The molecule has 3 rings (SSSR count). The van der Waals surface area contributed by atoms with E-state index in [1.165, 1.54) is 5.56 Å². The molecule has 1 aliphatic carbocycles. The summed E-state index contributed by atoms with van der Waals surface area (Å²) < 4.78 is 11.4. The van der Waals surface area contributed by atoms with Crippen molar-refractivity contribution in [3.63, 3.8) is 0 Å². The van der Waals surface area contributed by atoms with Crippen LogP contribution in [0.15, 0.2) is 18.2 Å². The molecule has 1 saturated heterocycles. The third kappa shape index (κ3) is 2.28. The van der Waals surface area contributed by atoms with Gasteiger partial charge in [-0.2, -0.15) is 5.84 Å². The molecule has 122 valence electrons. The van der Waals surface area contributed by atoms with Crippen molar-refractivity contribution in [3.8, 4) is 11.5 Å². The summed E-state index contributed by atoms with van der Waals surface area (Å²) in [4.78, 5) is 0. The molecule has 2 aliphatic rings. The first-order chi connectivity index (χ1) is 10.4. The number of fused-ring (bicyclic) bond motifs is 1. The monoisotopic (exact) mass is 306 g/mol. The number of quaternary nitrogens is 1. The molecule has 1 heterocycles. The van der Waals surface area contributed by atoms with Crippen LogP contribution in [0.3, 0.4) is 0 Å². The Hall–Kier alpha value is -1.30. The molecule has 0 aromatic heterocycles. The number of rotatable bonds is 3. The zero-order chi connectivity index (χ0) is 16.0. The summed E-state index contributed by atoms with van der Waals surface area (Å²) >= 11 is 0. The predicted molar refractivity (Wildman–Crippen MR) is 86.7 cm³/mol. The van der Waals surface area contributed by atoms with Crippen LogP contribution in [0.2, 0.25) is 0 Å². The van der Waals surface area contributed by atoms with Gasteiger partial charge < -0.3 is 15.2 Å². The fraction of sp³-hybridized carbons (Fsp3) is 0.647. The van der Waals surface area contributed by atoms with Crippen LogP contribution in [-0.2, 0) is 5.41 Å². The molecule has 4 N–H and O–H groups in total. The Morgan fingerprint density at radius 2 is 1.91 bits per heavy atom. The van der Waals surface area contributed by atoms with E-state index in [0.717, 1.165) is 43.7 Å². The van der Waals surface area contributed by atoms with E-state index in [0.29, 0.717) is 10.6 Å². The molecule has 22 heavy (non-hydrogen) atoms. The molecule has 1 aromatic carbocycles. The summed E-state index contributed by atoms with van der Waals surface area (Å²) in [6, 6.07) is 6.95. The Labute approximate surface area is 132 Å². The average Bonchev–Trinajstić information content (AvgIpc) is 2.79. The van der Waals surface area contributed by atoms with Crippen LogP contribution in [0, 0.1) is 0 Å².